The predicted molar refractivity (Wildman–Crippen MR) is 107 cm³/mol. The highest BCUT2D eigenvalue weighted by Crippen LogP contribution is 2.23. The fourth-order valence-corrected chi connectivity index (χ4v) is 2.47. The molecule has 0 saturated heterocycles. The molecule has 0 aliphatic carbocycles. The highest BCUT2D eigenvalue weighted by atomic mass is 79.9. The van der Waals surface area contributed by atoms with Gasteiger partial charge >= 0.3 is 0 Å². The maximum atomic E-state index is 12.4. The molecule has 0 aliphatic rings. The number of nitrogens with one attached hydrogen (secondary N) is 2. The van der Waals surface area contributed by atoms with E-state index in [2.05, 4.69) is 40.6 Å². The second-order valence-electron chi connectivity index (χ2n) is 6.28. The number of hydrogen-bond acceptors (Lipinski definition) is 4. The number of carbonyl (C=O) groups is 2. The van der Waals surface area contributed by atoms with E-state index in [1.165, 1.54) is 0 Å². The Morgan fingerprint density at radius 1 is 1.04 bits per heavy atom. The van der Waals surface area contributed by atoms with Crippen LogP contribution in [0, 0.1) is 5.92 Å². The molecule has 0 heterocycles. The molecule has 0 saturated carbocycles. The standard InChI is InChI=1S/C20H23BrN2O4/c1-14(2)10-11-26-18-9-8-15(21)12-17(18)20(25)23-22-19(24)13-27-16-6-4-3-5-7-16/h3-9,12,14H,10-11,13H2,1-2H3,(H,22,24)(H,23,25). The molecule has 2 amide bonds. The summed E-state index contributed by atoms with van der Waals surface area (Å²) in [4.78, 5) is 24.3. The summed E-state index contributed by atoms with van der Waals surface area (Å²) >= 11 is 3.34. The van der Waals surface area contributed by atoms with Crippen LogP contribution in [-0.4, -0.2) is 25.0 Å². The lowest BCUT2D eigenvalue weighted by Gasteiger charge is -2.14. The van der Waals surface area contributed by atoms with Crippen molar-refractivity contribution in [1.82, 2.24) is 10.9 Å². The summed E-state index contributed by atoms with van der Waals surface area (Å²) in [5.41, 5.74) is 5.05. The first-order valence-electron chi connectivity index (χ1n) is 8.65. The average molecular weight is 435 g/mol. The van der Waals surface area contributed by atoms with Crippen LogP contribution in [0.2, 0.25) is 0 Å². The molecule has 27 heavy (non-hydrogen) atoms. The summed E-state index contributed by atoms with van der Waals surface area (Å²) in [6, 6.07) is 14.1. The zero-order valence-corrected chi connectivity index (χ0v) is 16.9. The van der Waals surface area contributed by atoms with Crippen molar-refractivity contribution in [1.29, 1.82) is 0 Å². The summed E-state index contributed by atoms with van der Waals surface area (Å²) in [6.07, 6.45) is 0.880. The molecule has 0 spiro atoms. The number of halogens is 1. The molecule has 0 fully saturated rings. The van der Waals surface area contributed by atoms with Crippen LogP contribution in [-0.2, 0) is 4.79 Å². The van der Waals surface area contributed by atoms with Gasteiger partial charge in [0.1, 0.15) is 11.5 Å². The molecule has 0 radical (unpaired) electrons. The Morgan fingerprint density at radius 2 is 1.78 bits per heavy atom. The van der Waals surface area contributed by atoms with Gasteiger partial charge in [0, 0.05) is 4.47 Å². The van der Waals surface area contributed by atoms with Gasteiger partial charge in [0.05, 0.1) is 12.2 Å². The van der Waals surface area contributed by atoms with Gasteiger partial charge in [-0.3, -0.25) is 20.4 Å². The lowest BCUT2D eigenvalue weighted by Crippen LogP contribution is -2.44. The van der Waals surface area contributed by atoms with Crippen molar-refractivity contribution in [3.8, 4) is 11.5 Å². The first kappa shape index (κ1) is 20.8. The Morgan fingerprint density at radius 3 is 2.48 bits per heavy atom. The summed E-state index contributed by atoms with van der Waals surface area (Å²) in [7, 11) is 0. The molecule has 2 aromatic carbocycles. The van der Waals surface area contributed by atoms with Gasteiger partial charge in [-0.15, -0.1) is 0 Å². The highest BCUT2D eigenvalue weighted by Gasteiger charge is 2.14. The molecule has 2 N–H and O–H groups in total. The third-order valence-electron chi connectivity index (χ3n) is 3.57. The fourth-order valence-electron chi connectivity index (χ4n) is 2.11. The summed E-state index contributed by atoms with van der Waals surface area (Å²) < 4.78 is 11.8. The molecule has 0 aliphatic heterocycles. The van der Waals surface area contributed by atoms with E-state index >= 15 is 0 Å². The number of hydrazine groups is 1. The third kappa shape index (κ3) is 7.30. The number of ether oxygens (including phenoxy) is 2. The monoisotopic (exact) mass is 434 g/mol. The van der Waals surface area contributed by atoms with Crippen molar-refractivity contribution in [2.24, 2.45) is 5.92 Å². The van der Waals surface area contributed by atoms with Gasteiger partial charge in [0.15, 0.2) is 6.61 Å². The van der Waals surface area contributed by atoms with Gasteiger partial charge < -0.3 is 9.47 Å². The van der Waals surface area contributed by atoms with Crippen LogP contribution in [0.5, 0.6) is 11.5 Å². The molecule has 2 rings (SSSR count). The predicted octanol–water partition coefficient (Wildman–Crippen LogP) is 3.71. The number of amides is 2. The Balaban J connectivity index is 1.88. The van der Waals surface area contributed by atoms with Gasteiger partial charge in [0.25, 0.3) is 11.8 Å². The van der Waals surface area contributed by atoms with Crippen molar-refractivity contribution in [2.75, 3.05) is 13.2 Å². The smallest absolute Gasteiger partial charge is 0.276 e. The van der Waals surface area contributed by atoms with Crippen LogP contribution < -0.4 is 20.3 Å². The number of hydrogen-bond donors (Lipinski definition) is 2. The van der Waals surface area contributed by atoms with E-state index in [4.69, 9.17) is 9.47 Å². The minimum absolute atomic E-state index is 0.208. The molecular formula is C20H23BrN2O4. The van der Waals surface area contributed by atoms with E-state index < -0.39 is 11.8 Å². The fraction of sp³-hybridized carbons (Fsp3) is 0.300. The average Bonchev–Trinajstić information content (AvgIpc) is 2.66. The normalized spacial score (nSPS) is 10.4. The Bertz CT molecular complexity index is 766. The van der Waals surface area contributed by atoms with E-state index in [0.717, 1.165) is 10.9 Å². The lowest BCUT2D eigenvalue weighted by molar-refractivity contribution is -0.123. The molecule has 7 heteroatoms. The molecule has 0 atom stereocenters. The molecule has 6 nitrogen and oxygen atoms in total. The summed E-state index contributed by atoms with van der Waals surface area (Å²) in [5, 5.41) is 0. The van der Waals surface area contributed by atoms with Crippen molar-refractivity contribution in [3.63, 3.8) is 0 Å². The van der Waals surface area contributed by atoms with Crippen molar-refractivity contribution < 1.29 is 19.1 Å². The molecule has 0 bridgehead atoms. The van der Waals surface area contributed by atoms with Gasteiger partial charge in [0.2, 0.25) is 0 Å². The van der Waals surface area contributed by atoms with Gasteiger partial charge in [-0.2, -0.15) is 0 Å². The van der Waals surface area contributed by atoms with E-state index in [1.54, 1.807) is 30.3 Å². The van der Waals surface area contributed by atoms with Gasteiger partial charge in [-0.05, 0) is 42.7 Å². The Labute approximate surface area is 167 Å². The Kier molecular flexibility index (Phi) is 8.13. The first-order chi connectivity index (χ1) is 13.0. The van der Waals surface area contributed by atoms with Gasteiger partial charge in [-0.25, -0.2) is 0 Å². The number of para-hydroxylation sites is 1. The molecule has 2 aromatic rings. The quantitative estimate of drug-likeness (QED) is 0.620. The minimum atomic E-state index is -0.469. The van der Waals surface area contributed by atoms with Crippen LogP contribution in [0.4, 0.5) is 0 Å². The number of rotatable bonds is 8. The van der Waals surface area contributed by atoms with Crippen LogP contribution >= 0.6 is 15.9 Å². The molecule has 0 aromatic heterocycles. The number of benzene rings is 2. The van der Waals surface area contributed by atoms with E-state index in [-0.39, 0.29) is 6.61 Å². The molecular weight excluding hydrogens is 412 g/mol. The maximum Gasteiger partial charge on any atom is 0.276 e. The highest BCUT2D eigenvalue weighted by molar-refractivity contribution is 9.10. The largest absolute Gasteiger partial charge is 0.493 e. The maximum absolute atomic E-state index is 12.4. The first-order valence-corrected chi connectivity index (χ1v) is 9.44. The molecule has 0 unspecified atom stereocenters. The lowest BCUT2D eigenvalue weighted by atomic mass is 10.1. The van der Waals surface area contributed by atoms with Gasteiger partial charge in [-0.1, -0.05) is 48.0 Å². The van der Waals surface area contributed by atoms with Crippen molar-refractivity contribution >= 4 is 27.7 Å². The van der Waals surface area contributed by atoms with E-state index in [9.17, 15) is 9.59 Å². The summed E-state index contributed by atoms with van der Waals surface area (Å²) in [5.74, 6) is 0.605. The molecule has 144 valence electrons. The SMILES string of the molecule is CC(C)CCOc1ccc(Br)cc1C(=O)NNC(=O)COc1ccccc1. The second kappa shape index (κ2) is 10.6. The second-order valence-corrected chi connectivity index (χ2v) is 7.19. The van der Waals surface area contributed by atoms with Crippen molar-refractivity contribution in [3.05, 3.63) is 58.6 Å². The third-order valence-corrected chi connectivity index (χ3v) is 4.06. The van der Waals surface area contributed by atoms with Crippen LogP contribution in [0.15, 0.2) is 53.0 Å². The zero-order chi connectivity index (χ0) is 19.6. The summed E-state index contributed by atoms with van der Waals surface area (Å²) in [6.45, 7) is 4.51. The topological polar surface area (TPSA) is 76.7 Å². The Hall–Kier alpha value is -2.54. The van der Waals surface area contributed by atoms with Crippen LogP contribution in [0.25, 0.3) is 0 Å². The zero-order valence-electron chi connectivity index (χ0n) is 15.3. The number of carbonyl (C=O) groups excluding carboxylic acids is 2. The van der Waals surface area contributed by atoms with E-state index in [1.807, 2.05) is 18.2 Å². The van der Waals surface area contributed by atoms with Crippen molar-refractivity contribution in [2.45, 2.75) is 20.3 Å². The minimum Gasteiger partial charge on any atom is -0.493 e. The van der Waals surface area contributed by atoms with Crippen LogP contribution in [0.1, 0.15) is 30.6 Å². The van der Waals surface area contributed by atoms with Crippen LogP contribution in [0.3, 0.4) is 0 Å². The van der Waals surface area contributed by atoms with E-state index in [0.29, 0.717) is 29.6 Å².